The number of benzene rings is 2. The Kier molecular flexibility index (Phi) is 3.87. The summed E-state index contributed by atoms with van der Waals surface area (Å²) in [5, 5.41) is 0.924. The number of para-hydroxylation sites is 1. The number of hydrogen-bond donors (Lipinski definition) is 0. The number of halogens is 1. The van der Waals surface area contributed by atoms with Gasteiger partial charge in [-0.25, -0.2) is 4.98 Å². The minimum Gasteiger partial charge on any atom is -0.297 e. The Balaban J connectivity index is 2.08. The van der Waals surface area contributed by atoms with Crippen molar-refractivity contribution in [1.82, 2.24) is 14.5 Å². The first kappa shape index (κ1) is 15.4. The molecule has 0 amide bonds. The fourth-order valence-electron chi connectivity index (χ4n) is 3.49. The average Bonchev–Trinajstić information content (AvgIpc) is 3.01. The lowest BCUT2D eigenvalue weighted by molar-refractivity contribution is 0.301. The van der Waals surface area contributed by atoms with Crippen molar-refractivity contribution in [3.05, 3.63) is 69.7 Å². The summed E-state index contributed by atoms with van der Waals surface area (Å²) in [6.07, 6.45) is 2.11. The van der Waals surface area contributed by atoms with Gasteiger partial charge >= 0.3 is 0 Å². The molecule has 0 bridgehead atoms. The zero-order valence-corrected chi connectivity index (χ0v) is 14.2. The van der Waals surface area contributed by atoms with E-state index in [0.29, 0.717) is 15.9 Å². The molecule has 0 aliphatic carbocycles. The van der Waals surface area contributed by atoms with Crippen molar-refractivity contribution in [1.29, 1.82) is 0 Å². The molecule has 2 aromatic carbocycles. The van der Waals surface area contributed by atoms with Crippen LogP contribution in [-0.2, 0) is 0 Å². The maximum absolute atomic E-state index is 13.3. The number of hydrogen-bond acceptors (Lipinski definition) is 3. The molecule has 1 aliphatic rings. The first-order valence-electron chi connectivity index (χ1n) is 8.13. The molecular weight excluding hydrogens is 322 g/mol. The SMILES string of the molecule is CN1CCC[C@H]1c1nc2cccc(Cl)c2c(=O)n1-c1ccccc1. The molecule has 0 radical (unpaired) electrons. The van der Waals surface area contributed by atoms with E-state index < -0.39 is 0 Å². The predicted molar refractivity (Wildman–Crippen MR) is 97.0 cm³/mol. The predicted octanol–water partition coefficient (Wildman–Crippen LogP) is 3.81. The highest BCUT2D eigenvalue weighted by atomic mass is 35.5. The van der Waals surface area contributed by atoms with Gasteiger partial charge in [0, 0.05) is 0 Å². The molecule has 122 valence electrons. The van der Waals surface area contributed by atoms with E-state index in [0.717, 1.165) is 30.9 Å². The Morgan fingerprint density at radius 2 is 1.92 bits per heavy atom. The van der Waals surface area contributed by atoms with Crippen LogP contribution in [0.5, 0.6) is 0 Å². The van der Waals surface area contributed by atoms with Crippen molar-refractivity contribution in [3.8, 4) is 5.69 Å². The van der Waals surface area contributed by atoms with E-state index in [4.69, 9.17) is 16.6 Å². The van der Waals surface area contributed by atoms with Gasteiger partial charge in [0.05, 0.1) is 27.7 Å². The lowest BCUT2D eigenvalue weighted by Crippen LogP contribution is -2.29. The van der Waals surface area contributed by atoms with Gasteiger partial charge in [0.25, 0.3) is 5.56 Å². The summed E-state index contributed by atoms with van der Waals surface area (Å²) in [5.74, 6) is 0.793. The van der Waals surface area contributed by atoms with Gasteiger partial charge in [-0.3, -0.25) is 14.3 Å². The zero-order chi connectivity index (χ0) is 16.7. The fourth-order valence-corrected chi connectivity index (χ4v) is 3.74. The third-order valence-corrected chi connectivity index (χ3v) is 5.02. The van der Waals surface area contributed by atoms with Gasteiger partial charge in [0.2, 0.25) is 0 Å². The summed E-state index contributed by atoms with van der Waals surface area (Å²) in [6.45, 7) is 1.02. The van der Waals surface area contributed by atoms with E-state index >= 15 is 0 Å². The van der Waals surface area contributed by atoms with Crippen molar-refractivity contribution >= 4 is 22.5 Å². The smallest absolute Gasteiger partial charge is 0.267 e. The maximum atomic E-state index is 13.3. The second-order valence-electron chi connectivity index (χ2n) is 6.22. The minimum absolute atomic E-state index is 0.105. The summed E-state index contributed by atoms with van der Waals surface area (Å²) < 4.78 is 1.72. The third kappa shape index (κ3) is 2.43. The maximum Gasteiger partial charge on any atom is 0.267 e. The van der Waals surface area contributed by atoms with Crippen LogP contribution in [0.3, 0.4) is 0 Å². The van der Waals surface area contributed by atoms with Gasteiger partial charge in [0.15, 0.2) is 0 Å². The second kappa shape index (κ2) is 6.04. The van der Waals surface area contributed by atoms with Crippen molar-refractivity contribution in [2.45, 2.75) is 18.9 Å². The molecule has 1 saturated heterocycles. The molecule has 0 spiro atoms. The summed E-state index contributed by atoms with van der Waals surface area (Å²) in [4.78, 5) is 20.4. The van der Waals surface area contributed by atoms with E-state index in [9.17, 15) is 4.79 Å². The molecule has 24 heavy (non-hydrogen) atoms. The molecule has 1 fully saturated rings. The third-order valence-electron chi connectivity index (χ3n) is 4.71. The van der Waals surface area contributed by atoms with Gasteiger partial charge in [-0.05, 0) is 50.7 Å². The van der Waals surface area contributed by atoms with Crippen molar-refractivity contribution in [2.75, 3.05) is 13.6 Å². The van der Waals surface area contributed by atoms with Gasteiger partial charge in [-0.15, -0.1) is 0 Å². The highest BCUT2D eigenvalue weighted by molar-refractivity contribution is 6.35. The van der Waals surface area contributed by atoms with Gasteiger partial charge < -0.3 is 0 Å². The summed E-state index contributed by atoms with van der Waals surface area (Å²) in [5.41, 5.74) is 1.38. The molecule has 5 heteroatoms. The van der Waals surface area contributed by atoms with E-state index in [1.54, 1.807) is 10.6 Å². The van der Waals surface area contributed by atoms with Crippen LogP contribution in [0.15, 0.2) is 53.3 Å². The summed E-state index contributed by atoms with van der Waals surface area (Å²) >= 11 is 6.30. The average molecular weight is 340 g/mol. The van der Waals surface area contributed by atoms with Crippen LogP contribution in [-0.4, -0.2) is 28.0 Å². The highest BCUT2D eigenvalue weighted by Crippen LogP contribution is 2.31. The molecule has 0 unspecified atom stereocenters. The molecule has 3 aromatic rings. The molecule has 1 atom stereocenters. The number of fused-ring (bicyclic) bond motifs is 1. The number of nitrogens with zero attached hydrogens (tertiary/aromatic N) is 3. The van der Waals surface area contributed by atoms with Crippen molar-refractivity contribution in [3.63, 3.8) is 0 Å². The Hall–Kier alpha value is -2.17. The lowest BCUT2D eigenvalue weighted by atomic mass is 10.1. The van der Waals surface area contributed by atoms with E-state index in [1.165, 1.54) is 0 Å². The first-order valence-corrected chi connectivity index (χ1v) is 8.51. The number of likely N-dealkylation sites (tertiary alicyclic amines) is 1. The standard InChI is InChI=1S/C19H18ClN3O/c1-22-12-6-11-16(22)18-21-15-10-5-9-14(20)17(15)19(24)23(18)13-7-3-2-4-8-13/h2-5,7-10,16H,6,11-12H2,1H3/t16-/m0/s1. The number of rotatable bonds is 2. The second-order valence-corrected chi connectivity index (χ2v) is 6.63. The quantitative estimate of drug-likeness (QED) is 0.712. The largest absolute Gasteiger partial charge is 0.297 e. The Bertz CT molecular complexity index is 952. The molecule has 1 aromatic heterocycles. The Morgan fingerprint density at radius 1 is 1.12 bits per heavy atom. The van der Waals surface area contributed by atoms with Crippen LogP contribution < -0.4 is 5.56 Å². The van der Waals surface area contributed by atoms with E-state index in [1.807, 2.05) is 42.5 Å². The van der Waals surface area contributed by atoms with Crippen molar-refractivity contribution in [2.24, 2.45) is 0 Å². The first-order chi connectivity index (χ1) is 11.7. The minimum atomic E-state index is -0.105. The molecule has 0 saturated carbocycles. The molecule has 4 nitrogen and oxygen atoms in total. The number of aromatic nitrogens is 2. The van der Waals surface area contributed by atoms with Crippen molar-refractivity contribution < 1.29 is 0 Å². The summed E-state index contributed by atoms with van der Waals surface area (Å²) in [7, 11) is 2.08. The highest BCUT2D eigenvalue weighted by Gasteiger charge is 2.28. The van der Waals surface area contributed by atoms with Crippen LogP contribution in [0.2, 0.25) is 5.02 Å². The van der Waals surface area contributed by atoms with Crippen LogP contribution in [0, 0.1) is 0 Å². The zero-order valence-electron chi connectivity index (χ0n) is 13.4. The lowest BCUT2D eigenvalue weighted by Gasteiger charge is -2.23. The molecule has 0 N–H and O–H groups in total. The van der Waals surface area contributed by atoms with Gasteiger partial charge in [-0.1, -0.05) is 35.9 Å². The monoisotopic (exact) mass is 339 g/mol. The van der Waals surface area contributed by atoms with Crippen LogP contribution in [0.4, 0.5) is 0 Å². The topological polar surface area (TPSA) is 38.1 Å². The van der Waals surface area contributed by atoms with Gasteiger partial charge in [0.1, 0.15) is 5.82 Å². The molecule has 2 heterocycles. The molecule has 1 aliphatic heterocycles. The van der Waals surface area contributed by atoms with Gasteiger partial charge in [-0.2, -0.15) is 0 Å². The Morgan fingerprint density at radius 3 is 2.62 bits per heavy atom. The Labute approximate surface area is 145 Å². The van der Waals surface area contributed by atoms with Crippen LogP contribution in [0.1, 0.15) is 24.7 Å². The van der Waals surface area contributed by atoms with Crippen LogP contribution in [0.25, 0.3) is 16.6 Å². The van der Waals surface area contributed by atoms with E-state index in [2.05, 4.69) is 11.9 Å². The molecule has 4 rings (SSSR count). The normalized spacial score (nSPS) is 18.3. The fraction of sp³-hybridized carbons (Fsp3) is 0.263. The molecular formula is C19H18ClN3O. The van der Waals surface area contributed by atoms with E-state index in [-0.39, 0.29) is 11.6 Å². The summed E-state index contributed by atoms with van der Waals surface area (Å²) in [6, 6.07) is 15.3. The van der Waals surface area contributed by atoms with Crippen LogP contribution >= 0.6 is 11.6 Å².